The van der Waals surface area contributed by atoms with Crippen molar-refractivity contribution in [1.82, 2.24) is 9.55 Å². The number of nitrogens with zero attached hydrogens (tertiary/aromatic N) is 2. The Morgan fingerprint density at radius 1 is 1.30 bits per heavy atom. The number of aromatic nitrogens is 2. The summed E-state index contributed by atoms with van der Waals surface area (Å²) in [4.78, 5) is 16.4. The van der Waals surface area contributed by atoms with E-state index >= 15 is 0 Å². The minimum atomic E-state index is -0.358. The van der Waals surface area contributed by atoms with Gasteiger partial charge in [-0.15, -0.1) is 0 Å². The van der Waals surface area contributed by atoms with Gasteiger partial charge in [0.1, 0.15) is 11.6 Å². The lowest BCUT2D eigenvalue weighted by Gasteiger charge is -2.29. The summed E-state index contributed by atoms with van der Waals surface area (Å²) in [5, 5.41) is 0. The highest BCUT2D eigenvalue weighted by Crippen LogP contribution is 2.37. The molecule has 0 atom stereocenters. The van der Waals surface area contributed by atoms with Gasteiger partial charge in [0.05, 0.1) is 6.20 Å². The lowest BCUT2D eigenvalue weighted by atomic mass is 9.76. The molecule has 2 heterocycles. The average molecular weight is 272 g/mol. The molecule has 1 aliphatic rings. The number of aryl methyl sites for hydroxylation is 1. The second-order valence-corrected chi connectivity index (χ2v) is 6.26. The van der Waals surface area contributed by atoms with Crippen LogP contribution in [0.4, 0.5) is 4.39 Å². The van der Waals surface area contributed by atoms with Gasteiger partial charge in [-0.3, -0.25) is 4.79 Å². The van der Waals surface area contributed by atoms with Crippen LogP contribution < -0.4 is 0 Å². The van der Waals surface area contributed by atoms with Crippen molar-refractivity contribution in [2.75, 3.05) is 0 Å². The van der Waals surface area contributed by atoms with Crippen molar-refractivity contribution in [1.29, 1.82) is 0 Å². The maximum Gasteiger partial charge on any atom is 0.165 e. The van der Waals surface area contributed by atoms with Gasteiger partial charge in [-0.05, 0) is 37.0 Å². The number of carbonyl (C=O) groups excluding carboxylic acids is 1. The summed E-state index contributed by atoms with van der Waals surface area (Å²) < 4.78 is 15.0. The first-order chi connectivity index (χ1) is 9.37. The normalized spacial score (nSPS) is 17.1. The van der Waals surface area contributed by atoms with Crippen LogP contribution in [0.25, 0.3) is 5.82 Å². The fourth-order valence-electron chi connectivity index (χ4n) is 2.97. The van der Waals surface area contributed by atoms with E-state index in [0.29, 0.717) is 12.2 Å². The summed E-state index contributed by atoms with van der Waals surface area (Å²) in [5.74, 6) is 0.486. The number of pyridine rings is 1. The van der Waals surface area contributed by atoms with E-state index in [-0.39, 0.29) is 17.0 Å². The first kappa shape index (κ1) is 13.0. The van der Waals surface area contributed by atoms with Crippen LogP contribution in [0.5, 0.6) is 0 Å². The third-order valence-corrected chi connectivity index (χ3v) is 3.81. The van der Waals surface area contributed by atoms with Crippen LogP contribution in [0, 0.1) is 18.2 Å². The molecule has 1 aliphatic carbocycles. The highest BCUT2D eigenvalue weighted by atomic mass is 19.1. The van der Waals surface area contributed by atoms with Crippen molar-refractivity contribution in [3.05, 3.63) is 47.2 Å². The van der Waals surface area contributed by atoms with Crippen LogP contribution in [0.1, 0.15) is 42.0 Å². The molecular formula is C16H17FN2O. The summed E-state index contributed by atoms with van der Waals surface area (Å²) in [5.41, 5.74) is 2.68. The van der Waals surface area contributed by atoms with Gasteiger partial charge >= 0.3 is 0 Å². The zero-order valence-electron chi connectivity index (χ0n) is 11.9. The summed E-state index contributed by atoms with van der Waals surface area (Å²) >= 11 is 0. The van der Waals surface area contributed by atoms with Crippen molar-refractivity contribution in [3.63, 3.8) is 0 Å². The Labute approximate surface area is 117 Å². The van der Waals surface area contributed by atoms with E-state index in [2.05, 4.69) is 18.8 Å². The summed E-state index contributed by atoms with van der Waals surface area (Å²) in [6.45, 7) is 6.14. The SMILES string of the molecule is Cc1cc2c(n1-c1ccc(F)cn1)CC(C)(C)CC2=O. The Hall–Kier alpha value is -1.97. The predicted octanol–water partition coefficient (Wildman–Crippen LogP) is 3.47. The summed E-state index contributed by atoms with van der Waals surface area (Å²) in [6.07, 6.45) is 2.60. The van der Waals surface area contributed by atoms with Crippen molar-refractivity contribution >= 4 is 5.78 Å². The van der Waals surface area contributed by atoms with E-state index in [1.165, 1.54) is 12.3 Å². The number of fused-ring (bicyclic) bond motifs is 1. The number of halogens is 1. The highest BCUT2D eigenvalue weighted by molar-refractivity contribution is 5.99. The third-order valence-electron chi connectivity index (χ3n) is 3.81. The minimum Gasteiger partial charge on any atom is -0.302 e. The maximum atomic E-state index is 13.0. The molecule has 0 spiro atoms. The molecule has 0 saturated heterocycles. The number of hydrogen-bond acceptors (Lipinski definition) is 2. The summed E-state index contributed by atoms with van der Waals surface area (Å²) in [7, 11) is 0. The monoisotopic (exact) mass is 272 g/mol. The number of Topliss-reactive ketones (excluding diaryl/α,β-unsaturated/α-hetero) is 1. The Kier molecular flexibility index (Phi) is 2.78. The van der Waals surface area contributed by atoms with E-state index in [9.17, 15) is 9.18 Å². The van der Waals surface area contributed by atoms with Crippen LogP contribution in [-0.4, -0.2) is 15.3 Å². The molecule has 0 radical (unpaired) electrons. The van der Waals surface area contributed by atoms with Crippen molar-refractivity contribution < 1.29 is 9.18 Å². The van der Waals surface area contributed by atoms with Gasteiger partial charge in [-0.1, -0.05) is 13.8 Å². The molecule has 0 aromatic carbocycles. The van der Waals surface area contributed by atoms with E-state index in [1.54, 1.807) is 6.07 Å². The maximum absolute atomic E-state index is 13.0. The van der Waals surface area contributed by atoms with Crippen molar-refractivity contribution in [2.24, 2.45) is 5.41 Å². The van der Waals surface area contributed by atoms with Gasteiger partial charge in [0.15, 0.2) is 5.78 Å². The zero-order chi connectivity index (χ0) is 14.5. The van der Waals surface area contributed by atoms with Gasteiger partial charge in [0.2, 0.25) is 0 Å². The molecule has 2 aromatic heterocycles. The molecule has 104 valence electrons. The predicted molar refractivity (Wildman–Crippen MR) is 74.7 cm³/mol. The molecule has 3 nitrogen and oxygen atoms in total. The fourth-order valence-corrected chi connectivity index (χ4v) is 2.97. The van der Waals surface area contributed by atoms with Gasteiger partial charge in [-0.25, -0.2) is 9.37 Å². The second kappa shape index (κ2) is 4.27. The minimum absolute atomic E-state index is 0.0490. The fraction of sp³-hybridized carbons (Fsp3) is 0.375. The van der Waals surface area contributed by atoms with Gasteiger partial charge in [0.25, 0.3) is 0 Å². The van der Waals surface area contributed by atoms with E-state index in [4.69, 9.17) is 0 Å². The molecule has 0 aliphatic heterocycles. The Bertz CT molecular complexity index is 683. The molecule has 0 N–H and O–H groups in total. The Morgan fingerprint density at radius 2 is 2.05 bits per heavy atom. The number of carbonyl (C=O) groups is 1. The number of ketones is 1. The van der Waals surface area contributed by atoms with Gasteiger partial charge in [-0.2, -0.15) is 0 Å². The molecule has 4 heteroatoms. The molecule has 0 bridgehead atoms. The highest BCUT2D eigenvalue weighted by Gasteiger charge is 2.34. The average Bonchev–Trinajstić information content (AvgIpc) is 2.66. The number of hydrogen-bond donors (Lipinski definition) is 0. The molecule has 20 heavy (non-hydrogen) atoms. The van der Waals surface area contributed by atoms with Gasteiger partial charge in [0, 0.05) is 23.4 Å². The lowest BCUT2D eigenvalue weighted by molar-refractivity contribution is 0.0911. The van der Waals surface area contributed by atoms with Crippen LogP contribution in [0.3, 0.4) is 0 Å². The van der Waals surface area contributed by atoms with Gasteiger partial charge < -0.3 is 4.57 Å². The van der Waals surface area contributed by atoms with E-state index in [1.807, 2.05) is 17.6 Å². The van der Waals surface area contributed by atoms with Crippen LogP contribution >= 0.6 is 0 Å². The third kappa shape index (κ3) is 2.05. The zero-order valence-corrected chi connectivity index (χ0v) is 11.9. The summed E-state index contributed by atoms with van der Waals surface area (Å²) in [6, 6.07) is 4.95. The molecule has 0 saturated carbocycles. The number of rotatable bonds is 1. The smallest absolute Gasteiger partial charge is 0.165 e. The second-order valence-electron chi connectivity index (χ2n) is 6.26. The van der Waals surface area contributed by atoms with Crippen LogP contribution in [0.2, 0.25) is 0 Å². The Balaban J connectivity index is 2.18. The van der Waals surface area contributed by atoms with Crippen LogP contribution in [-0.2, 0) is 6.42 Å². The van der Waals surface area contributed by atoms with Crippen molar-refractivity contribution in [2.45, 2.75) is 33.6 Å². The first-order valence-electron chi connectivity index (χ1n) is 6.74. The van der Waals surface area contributed by atoms with E-state index < -0.39 is 0 Å². The molecule has 0 unspecified atom stereocenters. The standard InChI is InChI=1S/C16H17FN2O/c1-10-6-12-13(7-16(2,3)8-14(12)20)19(10)15-5-4-11(17)9-18-15/h4-6,9H,7-8H2,1-3H3. The van der Waals surface area contributed by atoms with Crippen LogP contribution in [0.15, 0.2) is 24.4 Å². The lowest BCUT2D eigenvalue weighted by Crippen LogP contribution is -2.28. The quantitative estimate of drug-likeness (QED) is 0.796. The first-order valence-corrected chi connectivity index (χ1v) is 6.74. The van der Waals surface area contributed by atoms with Crippen molar-refractivity contribution in [3.8, 4) is 5.82 Å². The molecule has 0 amide bonds. The topological polar surface area (TPSA) is 34.9 Å². The Morgan fingerprint density at radius 3 is 2.70 bits per heavy atom. The molecular weight excluding hydrogens is 255 g/mol. The largest absolute Gasteiger partial charge is 0.302 e. The van der Waals surface area contributed by atoms with E-state index in [0.717, 1.165) is 23.4 Å². The molecule has 3 rings (SSSR count). The molecule has 0 fully saturated rings. The molecule has 2 aromatic rings.